The Morgan fingerprint density at radius 3 is 2.94 bits per heavy atom. The van der Waals surface area contributed by atoms with E-state index in [0.717, 1.165) is 13.1 Å². The SMILES string of the molecule is CCN(CC1CCCCCN1)c1cccc(C)c1. The summed E-state index contributed by atoms with van der Waals surface area (Å²) >= 11 is 0. The van der Waals surface area contributed by atoms with Gasteiger partial charge < -0.3 is 10.2 Å². The molecule has 1 heterocycles. The minimum atomic E-state index is 0.660. The summed E-state index contributed by atoms with van der Waals surface area (Å²) in [7, 11) is 0. The Labute approximate surface area is 111 Å². The molecular formula is C16H26N2. The topological polar surface area (TPSA) is 15.3 Å². The van der Waals surface area contributed by atoms with Crippen LogP contribution in [0.3, 0.4) is 0 Å². The van der Waals surface area contributed by atoms with Crippen LogP contribution in [0.5, 0.6) is 0 Å². The van der Waals surface area contributed by atoms with E-state index in [-0.39, 0.29) is 0 Å². The van der Waals surface area contributed by atoms with Crippen LogP contribution in [0.4, 0.5) is 5.69 Å². The van der Waals surface area contributed by atoms with Crippen LogP contribution in [0.25, 0.3) is 0 Å². The van der Waals surface area contributed by atoms with Crippen LogP contribution >= 0.6 is 0 Å². The van der Waals surface area contributed by atoms with Crippen LogP contribution in [0.2, 0.25) is 0 Å². The number of anilines is 1. The molecule has 1 fully saturated rings. The third kappa shape index (κ3) is 3.74. The average Bonchev–Trinajstić information content (AvgIpc) is 2.64. The number of nitrogens with zero attached hydrogens (tertiary/aromatic N) is 1. The first-order valence-electron chi connectivity index (χ1n) is 7.34. The summed E-state index contributed by atoms with van der Waals surface area (Å²) in [5, 5.41) is 3.69. The Balaban J connectivity index is 1.99. The highest BCUT2D eigenvalue weighted by Gasteiger charge is 2.15. The number of benzene rings is 1. The zero-order valence-electron chi connectivity index (χ0n) is 11.8. The maximum atomic E-state index is 3.69. The molecule has 2 heteroatoms. The zero-order chi connectivity index (χ0) is 12.8. The van der Waals surface area contributed by atoms with Gasteiger partial charge in [0.2, 0.25) is 0 Å². The van der Waals surface area contributed by atoms with Crippen LogP contribution in [-0.4, -0.2) is 25.7 Å². The van der Waals surface area contributed by atoms with Crippen molar-refractivity contribution in [1.82, 2.24) is 5.32 Å². The lowest BCUT2D eigenvalue weighted by molar-refractivity contribution is 0.503. The molecular weight excluding hydrogens is 220 g/mol. The smallest absolute Gasteiger partial charge is 0.0369 e. The highest BCUT2D eigenvalue weighted by Crippen LogP contribution is 2.18. The fourth-order valence-corrected chi connectivity index (χ4v) is 2.76. The number of hydrogen-bond acceptors (Lipinski definition) is 2. The Kier molecular flexibility index (Phi) is 5.06. The van der Waals surface area contributed by atoms with Gasteiger partial charge in [-0.25, -0.2) is 0 Å². The number of rotatable bonds is 4. The van der Waals surface area contributed by atoms with Gasteiger partial charge in [-0.15, -0.1) is 0 Å². The van der Waals surface area contributed by atoms with Crippen molar-refractivity contribution >= 4 is 5.69 Å². The summed E-state index contributed by atoms with van der Waals surface area (Å²) in [5.74, 6) is 0. The lowest BCUT2D eigenvalue weighted by atomic mass is 10.1. The summed E-state index contributed by atoms with van der Waals surface area (Å²) < 4.78 is 0. The monoisotopic (exact) mass is 246 g/mol. The third-order valence-corrected chi connectivity index (χ3v) is 3.85. The van der Waals surface area contributed by atoms with Crippen molar-refractivity contribution in [1.29, 1.82) is 0 Å². The fraction of sp³-hybridized carbons (Fsp3) is 0.625. The molecule has 1 aromatic rings. The van der Waals surface area contributed by atoms with Crippen molar-refractivity contribution in [2.24, 2.45) is 0 Å². The van der Waals surface area contributed by atoms with Gasteiger partial charge in [0.05, 0.1) is 0 Å². The zero-order valence-corrected chi connectivity index (χ0v) is 11.8. The van der Waals surface area contributed by atoms with E-state index in [4.69, 9.17) is 0 Å². The second-order valence-electron chi connectivity index (χ2n) is 5.38. The van der Waals surface area contributed by atoms with Crippen LogP contribution < -0.4 is 10.2 Å². The third-order valence-electron chi connectivity index (χ3n) is 3.85. The highest BCUT2D eigenvalue weighted by molar-refractivity contribution is 5.48. The maximum absolute atomic E-state index is 3.69. The number of likely N-dealkylation sites (N-methyl/N-ethyl adjacent to an activating group) is 1. The molecule has 0 saturated carbocycles. The van der Waals surface area contributed by atoms with Gasteiger partial charge in [-0.05, 0) is 50.9 Å². The molecule has 0 bridgehead atoms. The molecule has 1 aliphatic heterocycles. The highest BCUT2D eigenvalue weighted by atomic mass is 15.1. The lowest BCUT2D eigenvalue weighted by Crippen LogP contribution is -2.40. The molecule has 0 radical (unpaired) electrons. The van der Waals surface area contributed by atoms with E-state index in [9.17, 15) is 0 Å². The second kappa shape index (κ2) is 6.79. The Morgan fingerprint density at radius 1 is 1.28 bits per heavy atom. The van der Waals surface area contributed by atoms with E-state index in [1.807, 2.05) is 0 Å². The van der Waals surface area contributed by atoms with Crippen molar-refractivity contribution in [3.63, 3.8) is 0 Å². The Hall–Kier alpha value is -1.02. The molecule has 1 aliphatic rings. The number of aryl methyl sites for hydroxylation is 1. The van der Waals surface area contributed by atoms with Gasteiger partial charge >= 0.3 is 0 Å². The van der Waals surface area contributed by atoms with Crippen molar-refractivity contribution in [2.45, 2.75) is 45.6 Å². The summed E-state index contributed by atoms with van der Waals surface area (Å²) in [5.41, 5.74) is 2.71. The predicted molar refractivity (Wildman–Crippen MR) is 79.3 cm³/mol. The quantitative estimate of drug-likeness (QED) is 0.876. The first-order valence-corrected chi connectivity index (χ1v) is 7.34. The van der Waals surface area contributed by atoms with Gasteiger partial charge in [0.1, 0.15) is 0 Å². The standard InChI is InChI=1S/C16H26N2/c1-3-18(16-10-7-8-14(2)12-16)13-15-9-5-4-6-11-17-15/h7-8,10,12,15,17H,3-6,9,11,13H2,1-2H3. The number of nitrogens with one attached hydrogen (secondary N) is 1. The van der Waals surface area contributed by atoms with Gasteiger partial charge in [0.25, 0.3) is 0 Å². The molecule has 0 spiro atoms. The van der Waals surface area contributed by atoms with Gasteiger partial charge in [-0.2, -0.15) is 0 Å². The van der Waals surface area contributed by atoms with Crippen molar-refractivity contribution in [3.05, 3.63) is 29.8 Å². The minimum absolute atomic E-state index is 0.660. The molecule has 100 valence electrons. The molecule has 2 nitrogen and oxygen atoms in total. The van der Waals surface area contributed by atoms with E-state index in [1.165, 1.54) is 43.5 Å². The van der Waals surface area contributed by atoms with Crippen LogP contribution in [-0.2, 0) is 0 Å². The van der Waals surface area contributed by atoms with Gasteiger partial charge in [-0.1, -0.05) is 25.0 Å². The molecule has 1 atom stereocenters. The van der Waals surface area contributed by atoms with Gasteiger partial charge in [-0.3, -0.25) is 0 Å². The van der Waals surface area contributed by atoms with Gasteiger partial charge in [0, 0.05) is 24.8 Å². The Morgan fingerprint density at radius 2 is 2.17 bits per heavy atom. The van der Waals surface area contributed by atoms with Crippen molar-refractivity contribution in [3.8, 4) is 0 Å². The molecule has 1 saturated heterocycles. The predicted octanol–water partition coefficient (Wildman–Crippen LogP) is 3.35. The maximum Gasteiger partial charge on any atom is 0.0369 e. The van der Waals surface area contributed by atoms with Crippen LogP contribution in [0.1, 0.15) is 38.2 Å². The molecule has 18 heavy (non-hydrogen) atoms. The molecule has 1 aromatic carbocycles. The normalized spacial score (nSPS) is 20.4. The van der Waals surface area contributed by atoms with Gasteiger partial charge in [0.15, 0.2) is 0 Å². The van der Waals surface area contributed by atoms with Crippen LogP contribution in [0, 0.1) is 6.92 Å². The van der Waals surface area contributed by atoms with Crippen molar-refractivity contribution < 1.29 is 0 Å². The van der Waals surface area contributed by atoms with E-state index in [2.05, 4.69) is 48.3 Å². The first-order chi connectivity index (χ1) is 8.79. The minimum Gasteiger partial charge on any atom is -0.370 e. The van der Waals surface area contributed by atoms with E-state index < -0.39 is 0 Å². The molecule has 1 N–H and O–H groups in total. The molecule has 0 aromatic heterocycles. The lowest BCUT2D eigenvalue weighted by Gasteiger charge is -2.28. The summed E-state index contributed by atoms with van der Waals surface area (Å²) in [6, 6.07) is 9.51. The van der Waals surface area contributed by atoms with Crippen molar-refractivity contribution in [2.75, 3.05) is 24.5 Å². The number of hydrogen-bond donors (Lipinski definition) is 1. The van der Waals surface area contributed by atoms with E-state index in [1.54, 1.807) is 0 Å². The Bertz CT molecular complexity index is 354. The van der Waals surface area contributed by atoms with Crippen LogP contribution in [0.15, 0.2) is 24.3 Å². The van der Waals surface area contributed by atoms with E-state index >= 15 is 0 Å². The molecule has 0 amide bonds. The summed E-state index contributed by atoms with van der Waals surface area (Å²) in [6.07, 6.45) is 5.43. The molecule has 0 aliphatic carbocycles. The molecule has 1 unspecified atom stereocenters. The second-order valence-corrected chi connectivity index (χ2v) is 5.38. The van der Waals surface area contributed by atoms with E-state index in [0.29, 0.717) is 6.04 Å². The summed E-state index contributed by atoms with van der Waals surface area (Å²) in [4.78, 5) is 2.50. The molecule has 2 rings (SSSR count). The summed E-state index contributed by atoms with van der Waals surface area (Å²) in [6.45, 7) is 7.83. The first kappa shape index (κ1) is 13.4. The fourth-order valence-electron chi connectivity index (χ4n) is 2.76. The largest absolute Gasteiger partial charge is 0.370 e. The average molecular weight is 246 g/mol.